The topological polar surface area (TPSA) is 59.3 Å². The molecule has 1 rings (SSSR count). The number of carbonyl (C=O) groups is 1. The van der Waals surface area contributed by atoms with E-state index in [-0.39, 0.29) is 24.1 Å². The minimum Gasteiger partial charge on any atom is -0.477 e. The highest BCUT2D eigenvalue weighted by atomic mass is 32.2. The Morgan fingerprint density at radius 2 is 2.00 bits per heavy atom. The summed E-state index contributed by atoms with van der Waals surface area (Å²) in [6.07, 6.45) is 0. The first-order valence-electron chi connectivity index (χ1n) is 5.28. The van der Waals surface area contributed by atoms with Crippen molar-refractivity contribution in [3.8, 4) is 0 Å². The van der Waals surface area contributed by atoms with E-state index in [4.69, 9.17) is 5.11 Å². The molecule has 1 N–H and O–H groups in total. The molecule has 0 saturated carbocycles. The zero-order valence-corrected chi connectivity index (χ0v) is 11.1. The molecule has 1 aromatic rings. The van der Waals surface area contributed by atoms with Gasteiger partial charge >= 0.3 is 11.5 Å². The third kappa shape index (κ3) is 4.02. The highest BCUT2D eigenvalue weighted by molar-refractivity contribution is 8.00. The van der Waals surface area contributed by atoms with E-state index < -0.39 is 22.6 Å². The summed E-state index contributed by atoms with van der Waals surface area (Å²) in [7, 11) is 0. The molecular weight excluding hydrogens is 283 g/mol. The molecule has 1 aromatic heterocycles. The van der Waals surface area contributed by atoms with Gasteiger partial charge in [0, 0.05) is 18.0 Å². The van der Waals surface area contributed by atoms with Gasteiger partial charge in [0.15, 0.2) is 0 Å². The number of aryl methyl sites for hydroxylation is 2. The van der Waals surface area contributed by atoms with Gasteiger partial charge in [-0.25, -0.2) is 4.79 Å². The van der Waals surface area contributed by atoms with Gasteiger partial charge in [0.05, 0.1) is 0 Å². The van der Waals surface area contributed by atoms with Crippen LogP contribution in [0.4, 0.5) is 13.2 Å². The maximum absolute atomic E-state index is 12.0. The van der Waals surface area contributed by atoms with Crippen molar-refractivity contribution in [1.29, 1.82) is 0 Å². The minimum atomic E-state index is -4.36. The zero-order valence-electron chi connectivity index (χ0n) is 10.2. The number of hydrogen-bond donors (Lipinski definition) is 1. The largest absolute Gasteiger partial charge is 0.477 e. The second-order valence-corrected chi connectivity index (χ2v) is 5.06. The Hall–Kier alpha value is -1.44. The van der Waals surface area contributed by atoms with Crippen LogP contribution in [0.2, 0.25) is 0 Å². The first-order chi connectivity index (χ1) is 8.63. The molecule has 106 valence electrons. The lowest BCUT2D eigenvalue weighted by Gasteiger charge is -2.13. The van der Waals surface area contributed by atoms with Crippen LogP contribution in [0.25, 0.3) is 0 Å². The van der Waals surface area contributed by atoms with Crippen LogP contribution < -0.4 is 5.56 Å². The Bertz CT molecular complexity index is 551. The van der Waals surface area contributed by atoms with Gasteiger partial charge < -0.3 is 9.67 Å². The maximum atomic E-state index is 12.0. The molecule has 0 aliphatic carbocycles. The SMILES string of the molecule is Cc1cc(C)n(CCSC(F)(F)F)c(=O)c1C(=O)O. The lowest BCUT2D eigenvalue weighted by Crippen LogP contribution is -2.30. The Morgan fingerprint density at radius 1 is 1.42 bits per heavy atom. The number of carboxylic acid groups (broad SMARTS) is 1. The van der Waals surface area contributed by atoms with Crippen LogP contribution in [0, 0.1) is 13.8 Å². The van der Waals surface area contributed by atoms with E-state index in [1.54, 1.807) is 6.92 Å². The molecule has 0 aromatic carbocycles. The molecule has 0 spiro atoms. The van der Waals surface area contributed by atoms with Crippen LogP contribution in [-0.2, 0) is 6.54 Å². The first-order valence-corrected chi connectivity index (χ1v) is 6.27. The van der Waals surface area contributed by atoms with Crippen molar-refractivity contribution in [2.45, 2.75) is 25.9 Å². The van der Waals surface area contributed by atoms with Gasteiger partial charge in [0.2, 0.25) is 0 Å². The normalized spacial score (nSPS) is 11.6. The second kappa shape index (κ2) is 5.68. The van der Waals surface area contributed by atoms with Gasteiger partial charge in [-0.2, -0.15) is 13.2 Å². The molecular formula is C11H12F3NO3S. The van der Waals surface area contributed by atoms with Gasteiger partial charge in [-0.3, -0.25) is 4.79 Å². The van der Waals surface area contributed by atoms with Crippen molar-refractivity contribution in [2.75, 3.05) is 5.75 Å². The van der Waals surface area contributed by atoms with Gasteiger partial charge in [-0.1, -0.05) is 0 Å². The molecule has 0 atom stereocenters. The zero-order chi connectivity index (χ0) is 14.8. The summed E-state index contributed by atoms with van der Waals surface area (Å²) >= 11 is -0.243. The Kier molecular flexibility index (Phi) is 4.67. The Morgan fingerprint density at radius 3 is 2.47 bits per heavy atom. The molecule has 0 aliphatic rings. The number of rotatable bonds is 4. The number of alkyl halides is 3. The molecule has 8 heteroatoms. The number of thioether (sulfide) groups is 1. The number of nitrogens with zero attached hydrogens (tertiary/aromatic N) is 1. The van der Waals surface area contributed by atoms with Crippen LogP contribution in [0.3, 0.4) is 0 Å². The summed E-state index contributed by atoms with van der Waals surface area (Å²) in [5.74, 6) is -1.72. The van der Waals surface area contributed by atoms with E-state index in [9.17, 15) is 22.8 Å². The molecule has 4 nitrogen and oxygen atoms in total. The average molecular weight is 295 g/mol. The molecule has 0 saturated heterocycles. The van der Waals surface area contributed by atoms with Crippen molar-refractivity contribution in [3.63, 3.8) is 0 Å². The summed E-state index contributed by atoms with van der Waals surface area (Å²) in [5, 5.41) is 8.92. The molecule has 0 bridgehead atoms. The van der Waals surface area contributed by atoms with Crippen molar-refractivity contribution >= 4 is 17.7 Å². The number of carboxylic acids is 1. The molecule has 19 heavy (non-hydrogen) atoms. The van der Waals surface area contributed by atoms with Crippen LogP contribution in [0.15, 0.2) is 10.9 Å². The predicted molar refractivity (Wildman–Crippen MR) is 65.6 cm³/mol. The van der Waals surface area contributed by atoms with E-state index in [1.807, 2.05) is 0 Å². The number of pyridine rings is 1. The fraction of sp³-hybridized carbons (Fsp3) is 0.455. The van der Waals surface area contributed by atoms with Gasteiger partial charge in [0.25, 0.3) is 5.56 Å². The summed E-state index contributed by atoms with van der Waals surface area (Å²) in [6.45, 7) is 2.85. The molecule has 0 radical (unpaired) electrons. The molecule has 0 unspecified atom stereocenters. The predicted octanol–water partition coefficient (Wildman–Crippen LogP) is 2.42. The Labute approximate surface area is 111 Å². The molecule has 0 aliphatic heterocycles. The van der Waals surface area contributed by atoms with Crippen molar-refractivity contribution in [3.05, 3.63) is 33.2 Å². The third-order valence-corrected chi connectivity index (χ3v) is 3.21. The molecule has 0 fully saturated rings. The number of aromatic carboxylic acids is 1. The average Bonchev–Trinajstić information content (AvgIpc) is 2.20. The fourth-order valence-corrected chi connectivity index (χ4v) is 2.22. The number of aromatic nitrogens is 1. The molecule has 1 heterocycles. The highest BCUT2D eigenvalue weighted by Gasteiger charge is 2.27. The van der Waals surface area contributed by atoms with Crippen molar-refractivity contribution in [2.24, 2.45) is 0 Å². The number of hydrogen-bond acceptors (Lipinski definition) is 3. The van der Waals surface area contributed by atoms with Crippen LogP contribution in [0.1, 0.15) is 21.6 Å². The lowest BCUT2D eigenvalue weighted by atomic mass is 10.1. The monoisotopic (exact) mass is 295 g/mol. The van der Waals surface area contributed by atoms with Gasteiger partial charge in [-0.05, 0) is 37.2 Å². The summed E-state index contributed by atoms with van der Waals surface area (Å²) < 4.78 is 37.1. The van der Waals surface area contributed by atoms with Gasteiger partial charge in [0.1, 0.15) is 5.56 Å². The quantitative estimate of drug-likeness (QED) is 0.926. The van der Waals surface area contributed by atoms with Crippen LogP contribution in [-0.4, -0.2) is 26.9 Å². The Balaban J connectivity index is 3.05. The van der Waals surface area contributed by atoms with Crippen LogP contribution in [0.5, 0.6) is 0 Å². The highest BCUT2D eigenvalue weighted by Crippen LogP contribution is 2.29. The summed E-state index contributed by atoms with van der Waals surface area (Å²) in [5.41, 5.74) is -4.79. The van der Waals surface area contributed by atoms with E-state index in [0.717, 1.165) is 4.57 Å². The van der Waals surface area contributed by atoms with E-state index in [0.29, 0.717) is 11.3 Å². The minimum absolute atomic E-state index is 0.185. The summed E-state index contributed by atoms with van der Waals surface area (Å²) in [4.78, 5) is 22.8. The summed E-state index contributed by atoms with van der Waals surface area (Å²) in [6, 6.07) is 1.48. The van der Waals surface area contributed by atoms with E-state index >= 15 is 0 Å². The first kappa shape index (κ1) is 15.6. The fourth-order valence-electron chi connectivity index (χ4n) is 1.72. The molecule has 0 amide bonds. The second-order valence-electron chi connectivity index (χ2n) is 3.90. The standard InChI is InChI=1S/C11H12F3NO3S/c1-6-5-7(2)15(3-4-19-11(12,13)14)9(16)8(6)10(17)18/h5H,3-4H2,1-2H3,(H,17,18). The lowest BCUT2D eigenvalue weighted by molar-refractivity contribution is -0.0328. The smallest absolute Gasteiger partial charge is 0.441 e. The van der Waals surface area contributed by atoms with Crippen molar-refractivity contribution < 1.29 is 23.1 Å². The van der Waals surface area contributed by atoms with Crippen molar-refractivity contribution in [1.82, 2.24) is 4.57 Å². The number of halogens is 3. The van der Waals surface area contributed by atoms with Gasteiger partial charge in [-0.15, -0.1) is 0 Å². The van der Waals surface area contributed by atoms with E-state index in [2.05, 4.69) is 0 Å². The van der Waals surface area contributed by atoms with Crippen LogP contribution >= 0.6 is 11.8 Å². The third-order valence-electron chi connectivity index (χ3n) is 2.50. The van der Waals surface area contributed by atoms with E-state index in [1.165, 1.54) is 13.0 Å². The maximum Gasteiger partial charge on any atom is 0.441 e.